The Labute approximate surface area is 151 Å². The molecule has 0 fully saturated rings. The number of anilines is 1. The molecule has 2 aromatic heterocycles. The molecule has 0 spiro atoms. The zero-order chi connectivity index (χ0) is 16.9. The van der Waals surface area contributed by atoms with Crippen LogP contribution < -0.4 is 10.6 Å². The van der Waals surface area contributed by atoms with Gasteiger partial charge >= 0.3 is 0 Å². The Hall–Kier alpha value is -2.43. The fraction of sp³-hybridized carbons (Fsp3) is 0.190. The van der Waals surface area contributed by atoms with Crippen molar-refractivity contribution in [1.29, 1.82) is 0 Å². The lowest BCUT2D eigenvalue weighted by atomic mass is 10.2. The number of benzene rings is 2. The Morgan fingerprint density at radius 2 is 1.76 bits per heavy atom. The number of nitrogens with zero attached hydrogens (tertiary/aromatic N) is 1. The molecule has 3 nitrogen and oxygen atoms in total. The van der Waals surface area contributed by atoms with E-state index >= 15 is 0 Å². The monoisotopic (exact) mass is 347 g/mol. The molecule has 2 N–H and O–H groups in total. The molecule has 0 aliphatic rings. The van der Waals surface area contributed by atoms with E-state index in [0.717, 1.165) is 37.4 Å². The third-order valence-corrected chi connectivity index (χ3v) is 5.32. The van der Waals surface area contributed by atoms with Crippen LogP contribution in [0.15, 0.2) is 66.0 Å². The van der Waals surface area contributed by atoms with Gasteiger partial charge in [-0.2, -0.15) is 0 Å². The lowest BCUT2D eigenvalue weighted by Gasteiger charge is -2.08. The van der Waals surface area contributed by atoms with E-state index in [9.17, 15) is 0 Å². The zero-order valence-electron chi connectivity index (χ0n) is 14.0. The molecule has 0 aliphatic heterocycles. The summed E-state index contributed by atoms with van der Waals surface area (Å²) in [6.07, 6.45) is 1.07. The van der Waals surface area contributed by atoms with Crippen LogP contribution in [0.3, 0.4) is 0 Å². The van der Waals surface area contributed by atoms with Gasteiger partial charge in [0, 0.05) is 23.2 Å². The van der Waals surface area contributed by atoms with Crippen LogP contribution in [0.25, 0.3) is 21.0 Å². The summed E-state index contributed by atoms with van der Waals surface area (Å²) in [4.78, 5) is 4.64. The fourth-order valence-corrected chi connectivity index (χ4v) is 3.95. The minimum Gasteiger partial charge on any atom is -0.370 e. The second-order valence-electron chi connectivity index (χ2n) is 6.10. The highest BCUT2D eigenvalue weighted by atomic mass is 32.1. The normalized spacial score (nSPS) is 11.2. The molecule has 4 aromatic rings. The molecule has 0 unspecified atom stereocenters. The summed E-state index contributed by atoms with van der Waals surface area (Å²) in [5, 5.41) is 11.8. The number of hydrogen-bond acceptors (Lipinski definition) is 4. The van der Waals surface area contributed by atoms with Crippen molar-refractivity contribution in [3.63, 3.8) is 0 Å². The van der Waals surface area contributed by atoms with Crippen LogP contribution in [0.4, 0.5) is 5.82 Å². The summed E-state index contributed by atoms with van der Waals surface area (Å²) in [6, 6.07) is 21.0. The topological polar surface area (TPSA) is 37.0 Å². The minimum absolute atomic E-state index is 0.919. The van der Waals surface area contributed by atoms with E-state index < -0.39 is 0 Å². The predicted octanol–water partition coefficient (Wildman–Crippen LogP) is 5.04. The van der Waals surface area contributed by atoms with Crippen LogP contribution in [0.5, 0.6) is 0 Å². The molecule has 4 rings (SSSR count). The van der Waals surface area contributed by atoms with Crippen LogP contribution in [0, 0.1) is 0 Å². The molecular formula is C21H21N3S. The van der Waals surface area contributed by atoms with Gasteiger partial charge in [0.05, 0.1) is 5.52 Å². The lowest BCUT2D eigenvalue weighted by Crippen LogP contribution is -2.17. The average Bonchev–Trinajstić information content (AvgIpc) is 3.08. The van der Waals surface area contributed by atoms with Gasteiger partial charge in [0.1, 0.15) is 5.82 Å². The Bertz CT molecular complexity index is 977. The number of hydrogen-bond donors (Lipinski definition) is 2. The fourth-order valence-electron chi connectivity index (χ4n) is 2.99. The van der Waals surface area contributed by atoms with E-state index in [4.69, 9.17) is 0 Å². The van der Waals surface area contributed by atoms with E-state index in [0.29, 0.717) is 0 Å². The van der Waals surface area contributed by atoms with Crippen molar-refractivity contribution < 1.29 is 0 Å². The third-order valence-electron chi connectivity index (χ3n) is 4.31. The molecule has 0 saturated carbocycles. The zero-order valence-corrected chi connectivity index (χ0v) is 14.9. The summed E-state index contributed by atoms with van der Waals surface area (Å²) in [7, 11) is 0. The molecular weight excluding hydrogens is 326 g/mol. The van der Waals surface area contributed by atoms with Gasteiger partial charge in [-0.05, 0) is 53.6 Å². The van der Waals surface area contributed by atoms with E-state index in [1.165, 1.54) is 21.0 Å². The first-order chi connectivity index (χ1) is 12.4. The van der Waals surface area contributed by atoms with Gasteiger partial charge in [0.15, 0.2) is 0 Å². The van der Waals surface area contributed by atoms with Crippen molar-refractivity contribution in [2.45, 2.75) is 13.0 Å². The van der Waals surface area contributed by atoms with Gasteiger partial charge in [-0.15, -0.1) is 11.3 Å². The van der Waals surface area contributed by atoms with Crippen LogP contribution >= 0.6 is 11.3 Å². The number of nitrogens with one attached hydrogen (secondary N) is 2. The van der Waals surface area contributed by atoms with Gasteiger partial charge in [-0.1, -0.05) is 36.4 Å². The van der Waals surface area contributed by atoms with Crippen LogP contribution in [-0.4, -0.2) is 18.1 Å². The Morgan fingerprint density at radius 3 is 2.76 bits per heavy atom. The summed E-state index contributed by atoms with van der Waals surface area (Å²) in [5.41, 5.74) is 2.43. The highest BCUT2D eigenvalue weighted by Gasteiger charge is 2.02. The number of pyridine rings is 1. The van der Waals surface area contributed by atoms with Gasteiger partial charge in [0.2, 0.25) is 0 Å². The molecule has 0 saturated heterocycles. The molecule has 0 atom stereocenters. The molecule has 0 radical (unpaired) electrons. The van der Waals surface area contributed by atoms with Crippen molar-refractivity contribution >= 4 is 38.1 Å². The maximum absolute atomic E-state index is 4.64. The van der Waals surface area contributed by atoms with Gasteiger partial charge in [0.25, 0.3) is 0 Å². The number of aromatic nitrogens is 1. The van der Waals surface area contributed by atoms with Gasteiger partial charge in [-0.25, -0.2) is 4.98 Å². The molecule has 2 aromatic carbocycles. The summed E-state index contributed by atoms with van der Waals surface area (Å²) < 4.78 is 1.36. The van der Waals surface area contributed by atoms with Crippen molar-refractivity contribution in [3.8, 4) is 0 Å². The molecule has 2 heterocycles. The van der Waals surface area contributed by atoms with Crippen molar-refractivity contribution in [3.05, 3.63) is 71.6 Å². The van der Waals surface area contributed by atoms with Crippen LogP contribution in [0.1, 0.15) is 12.0 Å². The largest absolute Gasteiger partial charge is 0.370 e. The number of para-hydroxylation sites is 1. The summed E-state index contributed by atoms with van der Waals surface area (Å²) in [6.45, 7) is 2.84. The molecule has 0 bridgehead atoms. The Kier molecular flexibility index (Phi) is 4.91. The first-order valence-corrected chi connectivity index (χ1v) is 9.53. The number of fused-ring (bicyclic) bond motifs is 2. The first kappa shape index (κ1) is 16.1. The Morgan fingerprint density at radius 1 is 0.880 bits per heavy atom. The third kappa shape index (κ3) is 3.81. The Balaban J connectivity index is 1.23. The molecule has 0 amide bonds. The molecule has 4 heteroatoms. The second-order valence-corrected chi connectivity index (χ2v) is 7.01. The van der Waals surface area contributed by atoms with E-state index in [2.05, 4.69) is 57.4 Å². The highest BCUT2D eigenvalue weighted by Crippen LogP contribution is 2.25. The van der Waals surface area contributed by atoms with Gasteiger partial charge in [-0.3, -0.25) is 0 Å². The van der Waals surface area contributed by atoms with Crippen LogP contribution in [-0.2, 0) is 6.54 Å². The van der Waals surface area contributed by atoms with Gasteiger partial charge < -0.3 is 10.6 Å². The maximum Gasteiger partial charge on any atom is 0.126 e. The summed E-state index contributed by atoms with van der Waals surface area (Å²) >= 11 is 1.82. The first-order valence-electron chi connectivity index (χ1n) is 8.66. The SMILES string of the molecule is c1ccc2nc(NCCCNCc3csc4ccccc34)ccc2c1. The maximum atomic E-state index is 4.64. The quantitative estimate of drug-likeness (QED) is 0.460. The predicted molar refractivity (Wildman–Crippen MR) is 108 cm³/mol. The number of thiophene rings is 1. The smallest absolute Gasteiger partial charge is 0.126 e. The van der Waals surface area contributed by atoms with E-state index in [-0.39, 0.29) is 0 Å². The lowest BCUT2D eigenvalue weighted by molar-refractivity contribution is 0.666. The average molecular weight is 347 g/mol. The molecule has 0 aliphatic carbocycles. The van der Waals surface area contributed by atoms with Crippen molar-refractivity contribution in [1.82, 2.24) is 10.3 Å². The molecule has 126 valence electrons. The van der Waals surface area contributed by atoms with Crippen molar-refractivity contribution in [2.75, 3.05) is 18.4 Å². The standard InChI is InChI=1S/C21H21N3S/c1-3-8-19-16(6-1)10-11-21(24-19)23-13-5-12-22-14-17-15-25-20-9-4-2-7-18(17)20/h1-4,6-11,15,22H,5,12-14H2,(H,23,24). The summed E-state index contributed by atoms with van der Waals surface area (Å²) in [5.74, 6) is 0.947. The second kappa shape index (κ2) is 7.64. The van der Waals surface area contributed by atoms with Crippen molar-refractivity contribution in [2.24, 2.45) is 0 Å². The van der Waals surface area contributed by atoms with E-state index in [1.807, 2.05) is 35.6 Å². The number of rotatable bonds is 7. The molecule has 25 heavy (non-hydrogen) atoms. The van der Waals surface area contributed by atoms with E-state index in [1.54, 1.807) is 0 Å². The highest BCUT2D eigenvalue weighted by molar-refractivity contribution is 7.17. The minimum atomic E-state index is 0.919. The van der Waals surface area contributed by atoms with Crippen LogP contribution in [0.2, 0.25) is 0 Å².